The number of aromatic hydroxyl groups is 1. The molecule has 0 aliphatic carbocycles. The molecule has 0 fully saturated rings. The highest BCUT2D eigenvalue weighted by Crippen LogP contribution is 2.23. The first-order valence-corrected chi connectivity index (χ1v) is 8.10. The van der Waals surface area contributed by atoms with Crippen LogP contribution in [0.2, 0.25) is 0 Å². The van der Waals surface area contributed by atoms with Crippen LogP contribution in [0.1, 0.15) is 11.1 Å². The molecule has 1 aromatic heterocycles. The molecule has 4 N–H and O–H groups in total. The van der Waals surface area contributed by atoms with Crippen LogP contribution in [-0.4, -0.2) is 29.8 Å². The smallest absolute Gasteiger partial charge is 0.411 e. The number of phenols is 1. The van der Waals surface area contributed by atoms with Crippen molar-refractivity contribution >= 4 is 22.7 Å². The summed E-state index contributed by atoms with van der Waals surface area (Å²) < 4.78 is 4.62. The molecule has 3 aromatic rings. The molecule has 6 heteroatoms. The van der Waals surface area contributed by atoms with E-state index in [1.807, 2.05) is 42.6 Å². The fraction of sp³-hybridized carbons (Fsp3) is 0.211. The highest BCUT2D eigenvalue weighted by Gasteiger charge is 2.07. The number of hydrogen-bond donors (Lipinski definition) is 4. The Kier molecular flexibility index (Phi) is 5.20. The van der Waals surface area contributed by atoms with Crippen LogP contribution in [0.25, 0.3) is 10.9 Å². The monoisotopic (exact) mass is 339 g/mol. The van der Waals surface area contributed by atoms with Crippen molar-refractivity contribution in [3.05, 3.63) is 59.8 Å². The lowest BCUT2D eigenvalue weighted by molar-refractivity contribution is 0.187. The van der Waals surface area contributed by atoms with Gasteiger partial charge in [0.2, 0.25) is 0 Å². The lowest BCUT2D eigenvalue weighted by atomic mass is 10.1. The summed E-state index contributed by atoms with van der Waals surface area (Å²) in [5.74, 6) is 0.306. The van der Waals surface area contributed by atoms with E-state index in [1.54, 1.807) is 6.07 Å². The van der Waals surface area contributed by atoms with Crippen LogP contribution in [0.3, 0.4) is 0 Å². The third kappa shape index (κ3) is 4.10. The predicted octanol–water partition coefficient (Wildman–Crippen LogP) is 3.38. The number of ether oxygens (including phenoxy) is 1. The molecule has 0 atom stereocenters. The summed E-state index contributed by atoms with van der Waals surface area (Å²) in [6, 6.07) is 13.0. The molecule has 0 radical (unpaired) electrons. The first-order valence-electron chi connectivity index (χ1n) is 8.10. The molecule has 0 unspecified atom stereocenters. The van der Waals surface area contributed by atoms with Gasteiger partial charge >= 0.3 is 6.09 Å². The average Bonchev–Trinajstić information content (AvgIpc) is 3.02. The third-order valence-electron chi connectivity index (χ3n) is 4.08. The van der Waals surface area contributed by atoms with Gasteiger partial charge in [-0.1, -0.05) is 18.2 Å². The Hall–Kier alpha value is -2.99. The number of amides is 1. The van der Waals surface area contributed by atoms with E-state index in [1.165, 1.54) is 7.11 Å². The van der Waals surface area contributed by atoms with Crippen molar-refractivity contribution in [3.63, 3.8) is 0 Å². The summed E-state index contributed by atoms with van der Waals surface area (Å²) >= 11 is 0. The Morgan fingerprint density at radius 1 is 1.20 bits per heavy atom. The average molecular weight is 339 g/mol. The van der Waals surface area contributed by atoms with E-state index in [4.69, 9.17) is 0 Å². The van der Waals surface area contributed by atoms with E-state index in [2.05, 4.69) is 20.4 Å². The quantitative estimate of drug-likeness (QED) is 0.519. The minimum Gasteiger partial charge on any atom is -0.508 e. The molecule has 1 amide bonds. The molecule has 130 valence electrons. The normalized spacial score (nSPS) is 10.8. The van der Waals surface area contributed by atoms with E-state index in [-0.39, 0.29) is 0 Å². The van der Waals surface area contributed by atoms with Gasteiger partial charge in [-0.25, -0.2) is 4.79 Å². The number of aromatic nitrogens is 1. The number of aromatic amines is 1. The maximum atomic E-state index is 11.3. The zero-order valence-electron chi connectivity index (χ0n) is 14.0. The standard InChI is InChI=1S/C19H21N3O3/c1-25-19(24)22-15-6-7-17-16(10-15)13(12-21-17)8-9-20-11-14-4-2-3-5-18(14)23/h2-7,10,12,20-21,23H,8-9,11H2,1H3,(H,22,24). The fourth-order valence-electron chi connectivity index (χ4n) is 2.74. The van der Waals surface area contributed by atoms with Gasteiger partial charge in [-0.3, -0.25) is 5.32 Å². The van der Waals surface area contributed by atoms with Crippen molar-refractivity contribution in [2.45, 2.75) is 13.0 Å². The van der Waals surface area contributed by atoms with Crippen molar-refractivity contribution in [1.29, 1.82) is 0 Å². The van der Waals surface area contributed by atoms with Gasteiger partial charge in [-0.2, -0.15) is 0 Å². The molecular weight excluding hydrogens is 318 g/mol. The van der Waals surface area contributed by atoms with E-state index in [0.717, 1.165) is 35.0 Å². The first-order chi connectivity index (χ1) is 12.2. The highest BCUT2D eigenvalue weighted by molar-refractivity contribution is 5.91. The van der Waals surface area contributed by atoms with Gasteiger partial charge < -0.3 is 20.1 Å². The lowest BCUT2D eigenvalue weighted by Crippen LogP contribution is -2.16. The molecule has 0 aliphatic heterocycles. The van der Waals surface area contributed by atoms with Crippen LogP contribution < -0.4 is 10.6 Å². The number of rotatable bonds is 6. The van der Waals surface area contributed by atoms with Gasteiger partial charge in [0.05, 0.1) is 7.11 Å². The van der Waals surface area contributed by atoms with Crippen LogP contribution in [-0.2, 0) is 17.7 Å². The second-order valence-electron chi connectivity index (χ2n) is 5.75. The molecular formula is C19H21N3O3. The number of fused-ring (bicyclic) bond motifs is 1. The largest absolute Gasteiger partial charge is 0.508 e. The fourth-order valence-corrected chi connectivity index (χ4v) is 2.74. The Labute approximate surface area is 145 Å². The number of methoxy groups -OCH3 is 1. The Morgan fingerprint density at radius 3 is 2.84 bits per heavy atom. The summed E-state index contributed by atoms with van der Waals surface area (Å²) in [7, 11) is 1.34. The second kappa shape index (κ2) is 7.72. The first kappa shape index (κ1) is 16.9. The minimum absolute atomic E-state index is 0.306. The molecule has 25 heavy (non-hydrogen) atoms. The van der Waals surface area contributed by atoms with E-state index in [9.17, 15) is 9.90 Å². The van der Waals surface area contributed by atoms with Crippen molar-refractivity contribution < 1.29 is 14.6 Å². The number of carbonyl (C=O) groups excluding carboxylic acids is 1. The molecule has 2 aromatic carbocycles. The SMILES string of the molecule is COC(=O)Nc1ccc2[nH]cc(CCNCc3ccccc3O)c2c1. The van der Waals surface area contributed by atoms with Crippen LogP contribution in [0, 0.1) is 0 Å². The Bertz CT molecular complexity index is 873. The number of H-pyrrole nitrogens is 1. The molecule has 6 nitrogen and oxygen atoms in total. The summed E-state index contributed by atoms with van der Waals surface area (Å²) in [4.78, 5) is 14.6. The molecule has 3 rings (SSSR count). The van der Waals surface area contributed by atoms with Crippen LogP contribution in [0.4, 0.5) is 10.5 Å². The third-order valence-corrected chi connectivity index (χ3v) is 4.08. The molecule has 0 saturated heterocycles. The minimum atomic E-state index is -0.485. The number of carbonyl (C=O) groups is 1. The highest BCUT2D eigenvalue weighted by atomic mass is 16.5. The van der Waals surface area contributed by atoms with E-state index in [0.29, 0.717) is 18.0 Å². The maximum Gasteiger partial charge on any atom is 0.411 e. The summed E-state index contributed by atoms with van der Waals surface area (Å²) in [5.41, 5.74) is 3.76. The van der Waals surface area contributed by atoms with Gasteiger partial charge in [0, 0.05) is 34.9 Å². The van der Waals surface area contributed by atoms with Crippen molar-refractivity contribution in [2.75, 3.05) is 19.0 Å². The Morgan fingerprint density at radius 2 is 2.04 bits per heavy atom. The molecule has 1 heterocycles. The van der Waals surface area contributed by atoms with Crippen molar-refractivity contribution in [3.8, 4) is 5.75 Å². The number of nitrogens with one attached hydrogen (secondary N) is 3. The van der Waals surface area contributed by atoms with Gasteiger partial charge in [0.15, 0.2) is 0 Å². The maximum absolute atomic E-state index is 11.3. The molecule has 0 spiro atoms. The van der Waals surface area contributed by atoms with Crippen LogP contribution >= 0.6 is 0 Å². The van der Waals surface area contributed by atoms with Gasteiger partial charge in [-0.05, 0) is 42.8 Å². The van der Waals surface area contributed by atoms with E-state index < -0.39 is 6.09 Å². The number of hydrogen-bond acceptors (Lipinski definition) is 4. The second-order valence-corrected chi connectivity index (χ2v) is 5.75. The molecule has 0 saturated carbocycles. The Balaban J connectivity index is 1.62. The molecule has 0 aliphatic rings. The topological polar surface area (TPSA) is 86.4 Å². The van der Waals surface area contributed by atoms with Gasteiger partial charge in [0.1, 0.15) is 5.75 Å². The number of phenolic OH excluding ortho intramolecular Hbond substituents is 1. The van der Waals surface area contributed by atoms with Gasteiger partial charge in [-0.15, -0.1) is 0 Å². The van der Waals surface area contributed by atoms with Crippen molar-refractivity contribution in [1.82, 2.24) is 10.3 Å². The lowest BCUT2D eigenvalue weighted by Gasteiger charge is -2.07. The summed E-state index contributed by atoms with van der Waals surface area (Å²) in [6.45, 7) is 1.39. The van der Waals surface area contributed by atoms with Gasteiger partial charge in [0.25, 0.3) is 0 Å². The number of anilines is 1. The van der Waals surface area contributed by atoms with E-state index >= 15 is 0 Å². The summed E-state index contributed by atoms with van der Waals surface area (Å²) in [5, 5.41) is 16.9. The molecule has 0 bridgehead atoms. The zero-order valence-corrected chi connectivity index (χ0v) is 14.0. The zero-order chi connectivity index (χ0) is 17.6. The van der Waals surface area contributed by atoms with Crippen LogP contribution in [0.15, 0.2) is 48.7 Å². The number of para-hydroxylation sites is 1. The predicted molar refractivity (Wildman–Crippen MR) is 97.8 cm³/mol. The van der Waals surface area contributed by atoms with Crippen LogP contribution in [0.5, 0.6) is 5.75 Å². The summed E-state index contributed by atoms with van der Waals surface area (Å²) in [6.07, 6.45) is 2.32. The number of benzene rings is 2. The van der Waals surface area contributed by atoms with Crippen molar-refractivity contribution in [2.24, 2.45) is 0 Å².